The Morgan fingerprint density at radius 2 is 2.31 bits per heavy atom. The highest BCUT2D eigenvalue weighted by Gasteiger charge is 2.25. The fourth-order valence-electron chi connectivity index (χ4n) is 1.82. The van der Waals surface area contributed by atoms with Crippen LogP contribution in [-0.4, -0.2) is 19.1 Å². The molecule has 88 valence electrons. The Morgan fingerprint density at radius 1 is 1.56 bits per heavy atom. The van der Waals surface area contributed by atoms with Crippen LogP contribution in [0.3, 0.4) is 0 Å². The number of methoxy groups -OCH3 is 1. The molecule has 0 radical (unpaired) electrons. The van der Waals surface area contributed by atoms with Gasteiger partial charge in [-0.15, -0.1) is 12.4 Å². The van der Waals surface area contributed by atoms with Crippen LogP contribution in [-0.2, 0) is 22.5 Å². The molecule has 0 aliphatic carbocycles. The monoisotopic (exact) mass is 305 g/mol. The highest BCUT2D eigenvalue weighted by molar-refractivity contribution is 9.10. The minimum Gasteiger partial charge on any atom is -0.468 e. The van der Waals surface area contributed by atoms with E-state index < -0.39 is 0 Å². The molecular formula is C11H13BrClNO2. The van der Waals surface area contributed by atoms with E-state index in [4.69, 9.17) is 4.74 Å². The zero-order valence-corrected chi connectivity index (χ0v) is 11.2. The van der Waals surface area contributed by atoms with Gasteiger partial charge in [0.15, 0.2) is 0 Å². The van der Waals surface area contributed by atoms with Crippen LogP contribution in [0.5, 0.6) is 0 Å². The SMILES string of the molecule is COC(=O)[C@H]1Cc2c(Br)cccc2CN1.Cl. The number of fused-ring (bicyclic) bond motifs is 1. The van der Waals surface area contributed by atoms with E-state index in [0.717, 1.165) is 4.47 Å². The van der Waals surface area contributed by atoms with Crippen molar-refractivity contribution in [1.82, 2.24) is 5.32 Å². The molecule has 2 rings (SSSR count). The van der Waals surface area contributed by atoms with Gasteiger partial charge in [-0.25, -0.2) is 0 Å². The number of carbonyl (C=O) groups is 1. The largest absolute Gasteiger partial charge is 0.468 e. The summed E-state index contributed by atoms with van der Waals surface area (Å²) in [6.45, 7) is 0.717. The average molecular weight is 307 g/mol. The fourth-order valence-corrected chi connectivity index (χ4v) is 2.39. The first-order chi connectivity index (χ1) is 7.22. The van der Waals surface area contributed by atoms with Crippen molar-refractivity contribution >= 4 is 34.3 Å². The van der Waals surface area contributed by atoms with Gasteiger partial charge >= 0.3 is 5.97 Å². The summed E-state index contributed by atoms with van der Waals surface area (Å²) in [5.41, 5.74) is 2.44. The summed E-state index contributed by atoms with van der Waals surface area (Å²) in [4.78, 5) is 11.4. The van der Waals surface area contributed by atoms with Crippen LogP contribution in [0.1, 0.15) is 11.1 Å². The Labute approximate surface area is 109 Å². The molecule has 0 bridgehead atoms. The topological polar surface area (TPSA) is 38.3 Å². The summed E-state index contributed by atoms with van der Waals surface area (Å²) in [7, 11) is 1.42. The van der Waals surface area contributed by atoms with Gasteiger partial charge in [0.05, 0.1) is 7.11 Å². The molecule has 0 saturated carbocycles. The van der Waals surface area contributed by atoms with Crippen LogP contribution < -0.4 is 5.32 Å². The lowest BCUT2D eigenvalue weighted by molar-refractivity contribution is -0.143. The van der Waals surface area contributed by atoms with Crippen LogP contribution in [0.4, 0.5) is 0 Å². The quantitative estimate of drug-likeness (QED) is 0.807. The molecule has 3 nitrogen and oxygen atoms in total. The molecule has 5 heteroatoms. The van der Waals surface area contributed by atoms with Crippen molar-refractivity contribution in [2.75, 3.05) is 7.11 Å². The molecule has 0 unspecified atom stereocenters. The number of hydrogen-bond acceptors (Lipinski definition) is 3. The predicted octanol–water partition coefficient (Wildman–Crippen LogP) is 2.06. The van der Waals surface area contributed by atoms with Crippen molar-refractivity contribution < 1.29 is 9.53 Å². The number of nitrogens with one attached hydrogen (secondary N) is 1. The standard InChI is InChI=1S/C11H12BrNO2.ClH/c1-15-11(14)10-5-8-7(6-13-10)3-2-4-9(8)12;/h2-4,10,13H,5-6H2,1H3;1H/t10-;/m1./s1. The van der Waals surface area contributed by atoms with Crippen molar-refractivity contribution in [3.63, 3.8) is 0 Å². The number of hydrogen-bond donors (Lipinski definition) is 1. The Morgan fingerprint density at radius 3 is 3.00 bits per heavy atom. The third-order valence-electron chi connectivity index (χ3n) is 2.65. The van der Waals surface area contributed by atoms with E-state index in [1.54, 1.807) is 0 Å². The summed E-state index contributed by atoms with van der Waals surface area (Å²) in [5, 5.41) is 3.16. The molecule has 1 aliphatic heterocycles. The summed E-state index contributed by atoms with van der Waals surface area (Å²) in [5.74, 6) is -0.198. The molecule has 1 aliphatic rings. The maximum absolute atomic E-state index is 11.4. The lowest BCUT2D eigenvalue weighted by atomic mass is 9.96. The van der Waals surface area contributed by atoms with Gasteiger partial charge in [-0.1, -0.05) is 28.1 Å². The van der Waals surface area contributed by atoms with Gasteiger partial charge in [0.1, 0.15) is 6.04 Å². The molecule has 0 fully saturated rings. The third kappa shape index (κ3) is 2.56. The first-order valence-electron chi connectivity index (χ1n) is 4.80. The van der Waals surface area contributed by atoms with E-state index in [2.05, 4.69) is 27.3 Å². The molecule has 0 saturated heterocycles. The van der Waals surface area contributed by atoms with E-state index in [0.29, 0.717) is 13.0 Å². The summed E-state index contributed by atoms with van der Waals surface area (Å²) < 4.78 is 5.79. The molecule has 1 atom stereocenters. The first-order valence-corrected chi connectivity index (χ1v) is 5.59. The first kappa shape index (κ1) is 13.5. The molecule has 0 spiro atoms. The smallest absolute Gasteiger partial charge is 0.323 e. The molecule has 0 amide bonds. The van der Waals surface area contributed by atoms with Crippen LogP contribution in [0, 0.1) is 0 Å². The van der Waals surface area contributed by atoms with Crippen molar-refractivity contribution in [2.45, 2.75) is 19.0 Å². The lowest BCUT2D eigenvalue weighted by Crippen LogP contribution is -2.42. The predicted molar refractivity (Wildman–Crippen MR) is 67.7 cm³/mol. The van der Waals surface area contributed by atoms with Gasteiger partial charge in [-0.2, -0.15) is 0 Å². The van der Waals surface area contributed by atoms with Gasteiger partial charge in [0, 0.05) is 11.0 Å². The lowest BCUT2D eigenvalue weighted by Gasteiger charge is -2.24. The van der Waals surface area contributed by atoms with Crippen LogP contribution in [0.15, 0.2) is 22.7 Å². The maximum atomic E-state index is 11.4. The molecule has 16 heavy (non-hydrogen) atoms. The minimum atomic E-state index is -0.221. The van der Waals surface area contributed by atoms with Crippen molar-refractivity contribution in [2.24, 2.45) is 0 Å². The van der Waals surface area contributed by atoms with Crippen LogP contribution >= 0.6 is 28.3 Å². The van der Waals surface area contributed by atoms with Crippen LogP contribution in [0.25, 0.3) is 0 Å². The molecule has 1 N–H and O–H groups in total. The molecule has 0 aromatic heterocycles. The summed E-state index contributed by atoms with van der Waals surface area (Å²) >= 11 is 3.50. The summed E-state index contributed by atoms with van der Waals surface area (Å²) in [6.07, 6.45) is 0.684. The Hall–Kier alpha value is -0.580. The third-order valence-corrected chi connectivity index (χ3v) is 3.39. The number of ether oxygens (including phenoxy) is 1. The number of rotatable bonds is 1. The van der Waals surface area contributed by atoms with Gasteiger partial charge in [0.25, 0.3) is 0 Å². The van der Waals surface area contributed by atoms with E-state index in [-0.39, 0.29) is 24.4 Å². The highest BCUT2D eigenvalue weighted by Crippen LogP contribution is 2.25. The van der Waals surface area contributed by atoms with E-state index in [1.165, 1.54) is 18.2 Å². The normalized spacial score (nSPS) is 18.2. The number of benzene rings is 1. The Balaban J connectivity index is 0.00000128. The van der Waals surface area contributed by atoms with Crippen molar-refractivity contribution in [1.29, 1.82) is 0 Å². The molecule has 1 aromatic carbocycles. The number of carbonyl (C=O) groups excluding carboxylic acids is 1. The van der Waals surface area contributed by atoms with Crippen molar-refractivity contribution in [3.8, 4) is 0 Å². The fraction of sp³-hybridized carbons (Fsp3) is 0.364. The number of esters is 1. The Kier molecular flexibility index (Phi) is 4.77. The molecule has 1 aromatic rings. The zero-order chi connectivity index (χ0) is 10.8. The Bertz CT molecular complexity index is 398. The maximum Gasteiger partial charge on any atom is 0.323 e. The molecular weight excluding hydrogens is 293 g/mol. The van der Waals surface area contributed by atoms with E-state index in [1.807, 2.05) is 12.1 Å². The van der Waals surface area contributed by atoms with E-state index >= 15 is 0 Å². The average Bonchev–Trinajstić information content (AvgIpc) is 2.28. The second-order valence-electron chi connectivity index (χ2n) is 3.54. The minimum absolute atomic E-state index is 0. The van der Waals surface area contributed by atoms with Gasteiger partial charge in [-0.3, -0.25) is 4.79 Å². The zero-order valence-electron chi connectivity index (χ0n) is 8.83. The van der Waals surface area contributed by atoms with Crippen LogP contribution in [0.2, 0.25) is 0 Å². The van der Waals surface area contributed by atoms with Crippen molar-refractivity contribution in [3.05, 3.63) is 33.8 Å². The number of halogens is 2. The molecule has 1 heterocycles. The van der Waals surface area contributed by atoms with E-state index in [9.17, 15) is 4.79 Å². The van der Waals surface area contributed by atoms with Gasteiger partial charge in [0.2, 0.25) is 0 Å². The van der Waals surface area contributed by atoms with Gasteiger partial charge < -0.3 is 10.1 Å². The second-order valence-corrected chi connectivity index (χ2v) is 4.39. The summed E-state index contributed by atoms with van der Waals surface area (Å²) in [6, 6.07) is 5.85. The highest BCUT2D eigenvalue weighted by atomic mass is 79.9. The second kappa shape index (κ2) is 5.66. The van der Waals surface area contributed by atoms with Gasteiger partial charge in [-0.05, 0) is 23.6 Å².